The highest BCUT2D eigenvalue weighted by atomic mass is 32.2. The number of aryl methyl sites for hydroxylation is 1. The van der Waals surface area contributed by atoms with Gasteiger partial charge in [-0.1, -0.05) is 6.92 Å². The Bertz CT molecular complexity index is 579. The normalized spacial score (nSPS) is 21.4. The topological polar surface area (TPSA) is 74.7 Å². The molecule has 2 rings (SSSR count). The minimum Gasteiger partial charge on any atom is -0.480 e. The maximum Gasteiger partial charge on any atom is 0.317 e. The van der Waals surface area contributed by atoms with Gasteiger partial charge in [-0.25, -0.2) is 8.42 Å². The van der Waals surface area contributed by atoms with Crippen LogP contribution < -0.4 is 0 Å². The Balaban J connectivity index is 2.09. The number of aliphatic carboxylic acids is 1. The van der Waals surface area contributed by atoms with Gasteiger partial charge in [0.05, 0.1) is 18.1 Å². The first-order valence-electron chi connectivity index (χ1n) is 6.63. The zero-order chi connectivity index (χ0) is 14.8. The predicted molar refractivity (Wildman–Crippen MR) is 78.8 cm³/mol. The van der Waals surface area contributed by atoms with E-state index in [4.69, 9.17) is 5.11 Å². The number of carboxylic acids is 1. The molecule has 1 aromatic heterocycles. The first kappa shape index (κ1) is 15.5. The van der Waals surface area contributed by atoms with Crippen molar-refractivity contribution >= 4 is 27.1 Å². The SMILES string of the molecule is CCc1ccc(CN(CC(=O)O)C2CCS(=O)(=O)C2)s1. The van der Waals surface area contributed by atoms with Crippen molar-refractivity contribution in [1.82, 2.24) is 4.90 Å². The third kappa shape index (κ3) is 4.04. The minimum absolute atomic E-state index is 0.0757. The van der Waals surface area contributed by atoms with Gasteiger partial charge in [0, 0.05) is 22.3 Å². The average Bonchev–Trinajstić information content (AvgIpc) is 2.94. The molecule has 1 aliphatic heterocycles. The third-order valence-corrected chi connectivity index (χ3v) is 6.45. The molecule has 1 unspecified atom stereocenters. The highest BCUT2D eigenvalue weighted by molar-refractivity contribution is 7.91. The van der Waals surface area contributed by atoms with Crippen LogP contribution in [0, 0.1) is 0 Å². The number of nitrogens with zero attached hydrogens (tertiary/aromatic N) is 1. The average molecular weight is 317 g/mol. The van der Waals surface area contributed by atoms with E-state index in [2.05, 4.69) is 6.92 Å². The molecule has 1 atom stereocenters. The molecule has 1 N–H and O–H groups in total. The standard InChI is InChI=1S/C13H19NO4S2/c1-2-11-3-4-12(19-11)7-14(8-13(15)16)10-5-6-20(17,18)9-10/h3-4,10H,2,5-9H2,1H3,(H,15,16). The number of carboxylic acid groups (broad SMARTS) is 1. The maximum atomic E-state index is 11.6. The minimum atomic E-state index is -3.00. The summed E-state index contributed by atoms with van der Waals surface area (Å²) < 4.78 is 23.1. The summed E-state index contributed by atoms with van der Waals surface area (Å²) >= 11 is 1.66. The molecule has 1 fully saturated rings. The van der Waals surface area contributed by atoms with Crippen LogP contribution in [-0.4, -0.2) is 48.5 Å². The molecular formula is C13H19NO4S2. The summed E-state index contributed by atoms with van der Waals surface area (Å²) in [4.78, 5) is 15.1. The van der Waals surface area contributed by atoms with Crippen LogP contribution in [0.25, 0.3) is 0 Å². The van der Waals surface area contributed by atoms with Gasteiger partial charge in [0.25, 0.3) is 0 Å². The lowest BCUT2D eigenvalue weighted by atomic mass is 10.2. The summed E-state index contributed by atoms with van der Waals surface area (Å²) in [5, 5.41) is 9.02. The van der Waals surface area contributed by atoms with Crippen LogP contribution in [0.5, 0.6) is 0 Å². The molecule has 20 heavy (non-hydrogen) atoms. The summed E-state index contributed by atoms with van der Waals surface area (Å²) in [7, 11) is -3.00. The number of thiophene rings is 1. The molecular weight excluding hydrogens is 298 g/mol. The van der Waals surface area contributed by atoms with Crippen molar-refractivity contribution in [1.29, 1.82) is 0 Å². The van der Waals surface area contributed by atoms with Gasteiger partial charge in [-0.05, 0) is 25.0 Å². The summed E-state index contributed by atoms with van der Waals surface area (Å²) in [6.45, 7) is 2.48. The molecule has 0 aromatic carbocycles. The molecule has 112 valence electrons. The van der Waals surface area contributed by atoms with E-state index in [1.807, 2.05) is 12.1 Å². The summed E-state index contributed by atoms with van der Waals surface area (Å²) in [6.07, 6.45) is 1.49. The van der Waals surface area contributed by atoms with Crippen molar-refractivity contribution in [3.63, 3.8) is 0 Å². The van der Waals surface area contributed by atoms with Crippen molar-refractivity contribution in [2.24, 2.45) is 0 Å². The second-order valence-electron chi connectivity index (χ2n) is 5.08. The van der Waals surface area contributed by atoms with Crippen LogP contribution in [0.1, 0.15) is 23.1 Å². The van der Waals surface area contributed by atoms with Crippen LogP contribution in [0.4, 0.5) is 0 Å². The van der Waals surface area contributed by atoms with Crippen LogP contribution in [0.15, 0.2) is 12.1 Å². The smallest absolute Gasteiger partial charge is 0.317 e. The van der Waals surface area contributed by atoms with Crippen molar-refractivity contribution in [3.8, 4) is 0 Å². The van der Waals surface area contributed by atoms with Gasteiger partial charge in [0.15, 0.2) is 9.84 Å². The number of carbonyl (C=O) groups is 1. The van der Waals surface area contributed by atoms with Crippen molar-refractivity contribution in [3.05, 3.63) is 21.9 Å². The first-order valence-corrected chi connectivity index (χ1v) is 9.27. The molecule has 1 aliphatic rings. The lowest BCUT2D eigenvalue weighted by Gasteiger charge is -2.25. The van der Waals surface area contributed by atoms with Gasteiger partial charge in [0.1, 0.15) is 0 Å². The fourth-order valence-corrected chi connectivity index (χ4v) is 5.19. The third-order valence-electron chi connectivity index (χ3n) is 3.49. The quantitative estimate of drug-likeness (QED) is 0.858. The summed E-state index contributed by atoms with van der Waals surface area (Å²) in [5.74, 6) is -0.674. The monoisotopic (exact) mass is 317 g/mol. The lowest BCUT2D eigenvalue weighted by molar-refractivity contribution is -0.139. The molecule has 5 nitrogen and oxygen atoms in total. The van der Waals surface area contributed by atoms with Gasteiger partial charge in [0.2, 0.25) is 0 Å². The molecule has 0 saturated carbocycles. The second-order valence-corrected chi connectivity index (χ2v) is 8.56. The number of rotatable bonds is 6. The molecule has 2 heterocycles. The molecule has 0 amide bonds. The zero-order valence-corrected chi connectivity index (χ0v) is 13.0. The van der Waals surface area contributed by atoms with Gasteiger partial charge >= 0.3 is 5.97 Å². The Labute approximate surface area is 123 Å². The van der Waals surface area contributed by atoms with Crippen molar-refractivity contribution in [2.75, 3.05) is 18.1 Å². The van der Waals surface area contributed by atoms with Gasteiger partial charge < -0.3 is 5.11 Å². The van der Waals surface area contributed by atoms with E-state index in [1.54, 1.807) is 16.2 Å². The van der Waals surface area contributed by atoms with Crippen molar-refractivity contribution in [2.45, 2.75) is 32.4 Å². The summed E-state index contributed by atoms with van der Waals surface area (Å²) in [6, 6.07) is 3.87. The molecule has 0 radical (unpaired) electrons. The number of hydrogen-bond donors (Lipinski definition) is 1. The van der Waals surface area contributed by atoms with Gasteiger partial charge in [-0.15, -0.1) is 11.3 Å². The zero-order valence-electron chi connectivity index (χ0n) is 11.4. The fraction of sp³-hybridized carbons (Fsp3) is 0.615. The van der Waals surface area contributed by atoms with E-state index in [1.165, 1.54) is 4.88 Å². The largest absolute Gasteiger partial charge is 0.480 e. The van der Waals surface area contributed by atoms with Crippen LogP contribution >= 0.6 is 11.3 Å². The Kier molecular flexibility index (Phi) is 4.82. The van der Waals surface area contributed by atoms with Crippen molar-refractivity contribution < 1.29 is 18.3 Å². The van der Waals surface area contributed by atoms with E-state index >= 15 is 0 Å². The molecule has 1 aromatic rings. The van der Waals surface area contributed by atoms with E-state index < -0.39 is 15.8 Å². The Morgan fingerprint density at radius 1 is 1.45 bits per heavy atom. The van der Waals surface area contributed by atoms with Crippen LogP contribution in [-0.2, 0) is 27.6 Å². The fourth-order valence-electron chi connectivity index (χ4n) is 2.45. The second kappa shape index (κ2) is 6.24. The van der Waals surface area contributed by atoms with Crippen LogP contribution in [0.2, 0.25) is 0 Å². The number of sulfone groups is 1. The van der Waals surface area contributed by atoms with E-state index in [9.17, 15) is 13.2 Å². The Morgan fingerprint density at radius 3 is 2.65 bits per heavy atom. The summed E-state index contributed by atoms with van der Waals surface area (Å²) in [5.41, 5.74) is 0. The molecule has 0 spiro atoms. The Morgan fingerprint density at radius 2 is 2.15 bits per heavy atom. The van der Waals surface area contributed by atoms with E-state index in [0.29, 0.717) is 13.0 Å². The highest BCUT2D eigenvalue weighted by Gasteiger charge is 2.33. The van der Waals surface area contributed by atoms with E-state index in [-0.39, 0.29) is 24.1 Å². The van der Waals surface area contributed by atoms with Crippen LogP contribution in [0.3, 0.4) is 0 Å². The maximum absolute atomic E-state index is 11.6. The lowest BCUT2D eigenvalue weighted by Crippen LogP contribution is -2.39. The number of hydrogen-bond acceptors (Lipinski definition) is 5. The predicted octanol–water partition coefficient (Wildman–Crippen LogP) is 1.38. The molecule has 0 bridgehead atoms. The Hall–Kier alpha value is -0.920. The highest BCUT2D eigenvalue weighted by Crippen LogP contribution is 2.23. The van der Waals surface area contributed by atoms with E-state index in [0.717, 1.165) is 11.3 Å². The molecule has 0 aliphatic carbocycles. The molecule has 7 heteroatoms. The van der Waals surface area contributed by atoms with Gasteiger partial charge in [-0.2, -0.15) is 0 Å². The van der Waals surface area contributed by atoms with Gasteiger partial charge in [-0.3, -0.25) is 9.69 Å². The molecule has 1 saturated heterocycles. The first-order chi connectivity index (χ1) is 9.39.